The minimum atomic E-state index is 0.525. The van der Waals surface area contributed by atoms with Crippen LogP contribution >= 0.6 is 11.8 Å². The van der Waals surface area contributed by atoms with Crippen LogP contribution in [0.25, 0.3) is 0 Å². The van der Waals surface area contributed by atoms with Gasteiger partial charge in [-0.1, -0.05) is 12.1 Å². The molecule has 0 amide bonds. The van der Waals surface area contributed by atoms with Gasteiger partial charge in [-0.05, 0) is 43.9 Å². The summed E-state index contributed by atoms with van der Waals surface area (Å²) in [5.41, 5.74) is 9.31. The van der Waals surface area contributed by atoms with E-state index >= 15 is 0 Å². The first-order valence-electron chi connectivity index (χ1n) is 5.64. The summed E-state index contributed by atoms with van der Waals surface area (Å²) in [6, 6.07) is 6.74. The van der Waals surface area contributed by atoms with Crippen LogP contribution in [-0.4, -0.2) is 25.1 Å². The highest BCUT2D eigenvalue weighted by molar-refractivity contribution is 7.98. The molecular formula is C13H22N2S. The predicted octanol–water partition coefficient (Wildman–Crippen LogP) is 3.16. The number of hydrogen-bond acceptors (Lipinski definition) is 3. The first kappa shape index (κ1) is 13.2. The van der Waals surface area contributed by atoms with Crippen LogP contribution in [0.15, 0.2) is 18.2 Å². The van der Waals surface area contributed by atoms with Crippen LogP contribution in [0.4, 0.5) is 11.4 Å². The molecule has 0 aliphatic heterocycles. The van der Waals surface area contributed by atoms with E-state index in [-0.39, 0.29) is 0 Å². The van der Waals surface area contributed by atoms with E-state index in [2.05, 4.69) is 50.2 Å². The van der Waals surface area contributed by atoms with Crippen molar-refractivity contribution >= 4 is 23.1 Å². The summed E-state index contributed by atoms with van der Waals surface area (Å²) in [5.74, 6) is 1.19. The topological polar surface area (TPSA) is 29.3 Å². The third-order valence-electron chi connectivity index (χ3n) is 3.08. The molecule has 0 radical (unpaired) electrons. The Labute approximate surface area is 103 Å². The predicted molar refractivity (Wildman–Crippen MR) is 76.5 cm³/mol. The minimum absolute atomic E-state index is 0.525. The Morgan fingerprint density at radius 1 is 1.44 bits per heavy atom. The van der Waals surface area contributed by atoms with E-state index in [1.165, 1.54) is 12.2 Å². The first-order chi connectivity index (χ1) is 7.57. The Morgan fingerprint density at radius 3 is 2.75 bits per heavy atom. The fourth-order valence-electron chi connectivity index (χ4n) is 1.69. The maximum Gasteiger partial charge on any atom is 0.0602 e. The molecule has 90 valence electrons. The summed E-state index contributed by atoms with van der Waals surface area (Å²) in [5, 5.41) is 0. The molecule has 0 heterocycles. The lowest BCUT2D eigenvalue weighted by atomic mass is 10.1. The highest BCUT2D eigenvalue weighted by Gasteiger charge is 2.12. The van der Waals surface area contributed by atoms with Gasteiger partial charge in [0, 0.05) is 13.1 Å². The molecule has 3 heteroatoms. The van der Waals surface area contributed by atoms with Crippen molar-refractivity contribution in [2.75, 3.05) is 29.7 Å². The van der Waals surface area contributed by atoms with Crippen LogP contribution in [0, 0.1) is 6.92 Å². The van der Waals surface area contributed by atoms with Crippen molar-refractivity contribution in [3.8, 4) is 0 Å². The molecule has 1 unspecified atom stereocenters. The summed E-state index contributed by atoms with van der Waals surface area (Å²) in [6.45, 7) is 4.30. The van der Waals surface area contributed by atoms with Crippen LogP contribution in [0.1, 0.15) is 18.9 Å². The largest absolute Gasteiger partial charge is 0.397 e. The second kappa shape index (κ2) is 6.04. The van der Waals surface area contributed by atoms with Gasteiger partial charge in [0.25, 0.3) is 0 Å². The van der Waals surface area contributed by atoms with Gasteiger partial charge < -0.3 is 10.6 Å². The van der Waals surface area contributed by atoms with Crippen molar-refractivity contribution in [1.82, 2.24) is 0 Å². The minimum Gasteiger partial charge on any atom is -0.397 e. The fourth-order valence-corrected chi connectivity index (χ4v) is 2.27. The Kier molecular flexibility index (Phi) is 5.00. The van der Waals surface area contributed by atoms with Gasteiger partial charge in [0.1, 0.15) is 0 Å². The molecule has 0 fully saturated rings. The number of anilines is 2. The number of nitrogens with zero attached hydrogens (tertiary/aromatic N) is 1. The molecule has 0 aliphatic rings. The summed E-state index contributed by atoms with van der Waals surface area (Å²) in [7, 11) is 2.12. The van der Waals surface area contributed by atoms with Crippen LogP contribution in [0.3, 0.4) is 0 Å². The molecule has 1 aromatic carbocycles. The maximum absolute atomic E-state index is 6.10. The molecule has 0 aromatic heterocycles. The Morgan fingerprint density at radius 2 is 2.12 bits per heavy atom. The lowest BCUT2D eigenvalue weighted by molar-refractivity contribution is 0.670. The zero-order valence-electron chi connectivity index (χ0n) is 10.7. The fraction of sp³-hybridized carbons (Fsp3) is 0.538. The average molecular weight is 238 g/mol. The number of thioether (sulfide) groups is 1. The van der Waals surface area contributed by atoms with Crippen LogP contribution in [0.2, 0.25) is 0 Å². The molecule has 0 saturated carbocycles. The standard InChI is InChI=1S/C13H22N2S/c1-10-6-5-7-12(13(10)14)15(3)11(2)8-9-16-4/h5-7,11H,8-9,14H2,1-4H3. The Bertz CT molecular complexity index is 339. The molecule has 2 N–H and O–H groups in total. The van der Waals surface area contributed by atoms with Crippen LogP contribution in [-0.2, 0) is 0 Å². The van der Waals surface area contributed by atoms with Gasteiger partial charge >= 0.3 is 0 Å². The van der Waals surface area contributed by atoms with E-state index in [1.807, 2.05) is 11.8 Å². The zero-order valence-corrected chi connectivity index (χ0v) is 11.5. The number of benzene rings is 1. The van der Waals surface area contributed by atoms with Crippen molar-refractivity contribution in [3.05, 3.63) is 23.8 Å². The van der Waals surface area contributed by atoms with E-state index in [0.29, 0.717) is 6.04 Å². The van der Waals surface area contributed by atoms with E-state index < -0.39 is 0 Å². The molecule has 1 rings (SSSR count). The van der Waals surface area contributed by atoms with Crippen LogP contribution < -0.4 is 10.6 Å². The number of nitrogen functional groups attached to an aromatic ring is 1. The van der Waals surface area contributed by atoms with Crippen molar-refractivity contribution in [2.24, 2.45) is 0 Å². The van der Waals surface area contributed by atoms with Gasteiger partial charge in [0.15, 0.2) is 0 Å². The molecule has 1 aromatic rings. The van der Waals surface area contributed by atoms with Crippen molar-refractivity contribution in [1.29, 1.82) is 0 Å². The summed E-state index contributed by atoms with van der Waals surface area (Å²) in [6.07, 6.45) is 3.33. The van der Waals surface area contributed by atoms with Crippen LogP contribution in [0.5, 0.6) is 0 Å². The lowest BCUT2D eigenvalue weighted by Crippen LogP contribution is -2.30. The normalized spacial score (nSPS) is 12.5. The van der Waals surface area contributed by atoms with Crippen molar-refractivity contribution in [2.45, 2.75) is 26.3 Å². The third-order valence-corrected chi connectivity index (χ3v) is 3.73. The summed E-state index contributed by atoms with van der Waals surface area (Å²) >= 11 is 1.89. The lowest BCUT2D eigenvalue weighted by Gasteiger charge is -2.28. The smallest absolute Gasteiger partial charge is 0.0602 e. The summed E-state index contributed by atoms with van der Waals surface area (Å²) < 4.78 is 0. The monoisotopic (exact) mass is 238 g/mol. The van der Waals surface area contributed by atoms with Gasteiger partial charge in [-0.3, -0.25) is 0 Å². The molecule has 0 bridgehead atoms. The SMILES string of the molecule is CSCCC(C)N(C)c1cccc(C)c1N. The molecule has 0 spiro atoms. The Hall–Kier alpha value is -0.830. The highest BCUT2D eigenvalue weighted by atomic mass is 32.2. The van der Waals surface area contributed by atoms with E-state index in [1.54, 1.807) is 0 Å². The first-order valence-corrected chi connectivity index (χ1v) is 7.04. The van der Waals surface area contributed by atoms with E-state index in [0.717, 1.165) is 16.9 Å². The second-order valence-electron chi connectivity index (χ2n) is 4.25. The Balaban J connectivity index is 2.79. The number of para-hydroxylation sites is 1. The van der Waals surface area contributed by atoms with Gasteiger partial charge in [0.05, 0.1) is 11.4 Å². The van der Waals surface area contributed by atoms with Crippen molar-refractivity contribution in [3.63, 3.8) is 0 Å². The number of aryl methyl sites for hydroxylation is 1. The van der Waals surface area contributed by atoms with E-state index in [4.69, 9.17) is 5.73 Å². The van der Waals surface area contributed by atoms with Gasteiger partial charge in [0.2, 0.25) is 0 Å². The van der Waals surface area contributed by atoms with E-state index in [9.17, 15) is 0 Å². The van der Waals surface area contributed by atoms with Gasteiger partial charge in [-0.15, -0.1) is 0 Å². The number of rotatable bonds is 5. The molecule has 16 heavy (non-hydrogen) atoms. The molecular weight excluding hydrogens is 216 g/mol. The number of nitrogens with two attached hydrogens (primary N) is 1. The zero-order chi connectivity index (χ0) is 12.1. The number of hydrogen-bond donors (Lipinski definition) is 1. The van der Waals surface area contributed by atoms with Gasteiger partial charge in [-0.2, -0.15) is 11.8 Å². The average Bonchev–Trinajstić information content (AvgIpc) is 2.28. The second-order valence-corrected chi connectivity index (χ2v) is 5.23. The van der Waals surface area contributed by atoms with Gasteiger partial charge in [-0.25, -0.2) is 0 Å². The van der Waals surface area contributed by atoms with Crippen molar-refractivity contribution < 1.29 is 0 Å². The highest BCUT2D eigenvalue weighted by Crippen LogP contribution is 2.27. The molecule has 0 saturated heterocycles. The molecule has 1 atom stereocenters. The quantitative estimate of drug-likeness (QED) is 0.799. The maximum atomic E-state index is 6.10. The molecule has 2 nitrogen and oxygen atoms in total. The summed E-state index contributed by atoms with van der Waals surface area (Å²) in [4.78, 5) is 2.28. The molecule has 0 aliphatic carbocycles. The third kappa shape index (κ3) is 3.08.